The van der Waals surface area contributed by atoms with Crippen molar-refractivity contribution in [1.82, 2.24) is 0 Å². The van der Waals surface area contributed by atoms with E-state index >= 15 is 0 Å². The van der Waals surface area contributed by atoms with Gasteiger partial charge in [0.1, 0.15) is 5.75 Å². The van der Waals surface area contributed by atoms with Gasteiger partial charge in [0, 0.05) is 6.42 Å². The van der Waals surface area contributed by atoms with Crippen LogP contribution in [0.5, 0.6) is 5.75 Å². The molecule has 1 heterocycles. The number of ketones is 1. The van der Waals surface area contributed by atoms with Crippen LogP contribution in [0.15, 0.2) is 22.7 Å². The van der Waals surface area contributed by atoms with Crippen molar-refractivity contribution >= 4 is 21.7 Å². The first-order valence-corrected chi connectivity index (χ1v) is 5.03. The lowest BCUT2D eigenvalue weighted by Crippen LogP contribution is -1.97. The van der Waals surface area contributed by atoms with Crippen LogP contribution in [0.3, 0.4) is 0 Å². The summed E-state index contributed by atoms with van der Waals surface area (Å²) in [5, 5.41) is 0. The summed E-state index contributed by atoms with van der Waals surface area (Å²) in [6.07, 6.45) is 1.39. The average Bonchev–Trinajstić information content (AvgIpc) is 2.30. The zero-order valence-electron chi connectivity index (χ0n) is 7.05. The number of fused-ring (bicyclic) bond motifs is 1. The summed E-state index contributed by atoms with van der Waals surface area (Å²) in [6, 6.07) is 5.56. The van der Waals surface area contributed by atoms with Gasteiger partial charge < -0.3 is 4.74 Å². The Kier molecular flexibility index (Phi) is 2.36. The molecule has 0 spiro atoms. The van der Waals surface area contributed by atoms with Gasteiger partial charge in [-0.15, -0.1) is 0 Å². The van der Waals surface area contributed by atoms with Crippen LogP contribution in [0.25, 0.3) is 0 Å². The molecule has 2 nitrogen and oxygen atoms in total. The van der Waals surface area contributed by atoms with E-state index in [4.69, 9.17) is 4.74 Å². The summed E-state index contributed by atoms with van der Waals surface area (Å²) in [4.78, 5) is 11.6. The minimum absolute atomic E-state index is 0.175. The van der Waals surface area contributed by atoms with Crippen LogP contribution in [0, 0.1) is 0 Å². The highest BCUT2D eigenvalue weighted by Gasteiger charge is 2.17. The number of para-hydroxylation sites is 1. The van der Waals surface area contributed by atoms with Crippen molar-refractivity contribution in [3.8, 4) is 5.75 Å². The van der Waals surface area contributed by atoms with Crippen molar-refractivity contribution in [2.45, 2.75) is 12.8 Å². The number of hydrogen-bond donors (Lipinski definition) is 0. The Morgan fingerprint density at radius 2 is 2.23 bits per heavy atom. The number of rotatable bonds is 0. The van der Waals surface area contributed by atoms with Crippen LogP contribution in [-0.2, 0) is 0 Å². The van der Waals surface area contributed by atoms with Crippen LogP contribution < -0.4 is 4.74 Å². The van der Waals surface area contributed by atoms with Gasteiger partial charge in [0.25, 0.3) is 0 Å². The van der Waals surface area contributed by atoms with Crippen molar-refractivity contribution < 1.29 is 9.53 Å². The van der Waals surface area contributed by atoms with Gasteiger partial charge in [-0.2, -0.15) is 0 Å². The second-order valence-corrected chi connectivity index (χ2v) is 3.85. The van der Waals surface area contributed by atoms with Gasteiger partial charge in [-0.3, -0.25) is 4.79 Å². The van der Waals surface area contributed by atoms with Crippen LogP contribution in [0.4, 0.5) is 0 Å². The van der Waals surface area contributed by atoms with E-state index < -0.39 is 0 Å². The molecule has 0 atom stereocenters. The Hall–Kier alpha value is -0.830. The SMILES string of the molecule is O=C1CCCOc2c(Br)cccc21. The molecule has 1 aliphatic heterocycles. The minimum Gasteiger partial charge on any atom is -0.492 e. The topological polar surface area (TPSA) is 26.3 Å². The Morgan fingerprint density at radius 3 is 3.08 bits per heavy atom. The average molecular weight is 241 g/mol. The molecule has 0 amide bonds. The molecule has 1 aromatic carbocycles. The lowest BCUT2D eigenvalue weighted by Gasteiger charge is -2.07. The minimum atomic E-state index is 0.175. The fourth-order valence-corrected chi connectivity index (χ4v) is 1.90. The second-order valence-electron chi connectivity index (χ2n) is 2.99. The van der Waals surface area contributed by atoms with Gasteiger partial charge in [-0.25, -0.2) is 0 Å². The number of Topliss-reactive ketones (excluding diaryl/α,β-unsaturated/α-hetero) is 1. The van der Waals surface area contributed by atoms with Crippen LogP contribution in [-0.4, -0.2) is 12.4 Å². The van der Waals surface area contributed by atoms with Crippen molar-refractivity contribution in [3.63, 3.8) is 0 Å². The van der Waals surface area contributed by atoms with Crippen molar-refractivity contribution in [2.24, 2.45) is 0 Å². The highest BCUT2D eigenvalue weighted by atomic mass is 79.9. The first-order chi connectivity index (χ1) is 6.29. The van der Waals surface area contributed by atoms with Crippen LogP contribution in [0.1, 0.15) is 23.2 Å². The van der Waals surface area contributed by atoms with Crippen molar-refractivity contribution in [3.05, 3.63) is 28.2 Å². The molecule has 0 unspecified atom stereocenters. The fourth-order valence-electron chi connectivity index (χ4n) is 1.42. The molecule has 68 valence electrons. The van der Waals surface area contributed by atoms with E-state index in [1.165, 1.54) is 0 Å². The number of carbonyl (C=O) groups is 1. The maximum Gasteiger partial charge on any atom is 0.166 e. The molecular formula is C10H9BrO2. The molecule has 3 heteroatoms. The Bertz CT molecular complexity index is 347. The molecule has 1 aromatic rings. The summed E-state index contributed by atoms with van der Waals surface area (Å²) in [7, 11) is 0. The van der Waals surface area contributed by atoms with E-state index in [9.17, 15) is 4.79 Å². The highest BCUT2D eigenvalue weighted by Crippen LogP contribution is 2.31. The summed E-state index contributed by atoms with van der Waals surface area (Å²) in [6.45, 7) is 0.626. The van der Waals surface area contributed by atoms with Gasteiger partial charge in [0.2, 0.25) is 0 Å². The second kappa shape index (κ2) is 3.50. The fraction of sp³-hybridized carbons (Fsp3) is 0.300. The highest BCUT2D eigenvalue weighted by molar-refractivity contribution is 9.10. The lowest BCUT2D eigenvalue weighted by atomic mass is 10.1. The van der Waals surface area contributed by atoms with Gasteiger partial charge in [-0.05, 0) is 34.5 Å². The number of halogens is 1. The Labute approximate surface area is 85.0 Å². The molecule has 0 fully saturated rings. The maximum absolute atomic E-state index is 11.6. The van der Waals surface area contributed by atoms with Crippen molar-refractivity contribution in [2.75, 3.05) is 6.61 Å². The molecule has 0 radical (unpaired) electrons. The van der Waals surface area contributed by atoms with E-state index in [0.29, 0.717) is 24.3 Å². The Morgan fingerprint density at radius 1 is 1.38 bits per heavy atom. The third-order valence-electron chi connectivity index (χ3n) is 2.06. The molecule has 0 saturated heterocycles. The van der Waals surface area contributed by atoms with Gasteiger partial charge in [-0.1, -0.05) is 6.07 Å². The lowest BCUT2D eigenvalue weighted by molar-refractivity contribution is 0.0983. The zero-order chi connectivity index (χ0) is 9.26. The summed E-state index contributed by atoms with van der Waals surface area (Å²) in [5.74, 6) is 0.874. The molecule has 1 aliphatic rings. The molecular weight excluding hydrogens is 232 g/mol. The largest absolute Gasteiger partial charge is 0.492 e. The normalized spacial score (nSPS) is 15.9. The molecule has 13 heavy (non-hydrogen) atoms. The smallest absolute Gasteiger partial charge is 0.166 e. The third-order valence-corrected chi connectivity index (χ3v) is 2.69. The number of ether oxygens (including phenoxy) is 1. The van der Waals surface area contributed by atoms with E-state index in [1.807, 2.05) is 18.2 Å². The van der Waals surface area contributed by atoms with E-state index in [2.05, 4.69) is 15.9 Å². The van der Waals surface area contributed by atoms with Gasteiger partial charge >= 0.3 is 0 Å². The van der Waals surface area contributed by atoms with E-state index in [0.717, 1.165) is 10.9 Å². The molecule has 0 bridgehead atoms. The first-order valence-electron chi connectivity index (χ1n) is 4.23. The molecule has 0 saturated carbocycles. The summed E-state index contributed by atoms with van der Waals surface area (Å²) < 4.78 is 6.34. The Balaban J connectivity index is 2.54. The maximum atomic E-state index is 11.6. The third kappa shape index (κ3) is 1.61. The standard InChI is InChI=1S/C10H9BrO2/c11-8-4-1-3-7-9(12)5-2-6-13-10(7)8/h1,3-4H,2,5-6H2. The quantitative estimate of drug-likeness (QED) is 0.698. The van der Waals surface area contributed by atoms with Crippen LogP contribution >= 0.6 is 15.9 Å². The van der Waals surface area contributed by atoms with Crippen molar-refractivity contribution in [1.29, 1.82) is 0 Å². The summed E-state index contributed by atoms with van der Waals surface area (Å²) >= 11 is 3.37. The van der Waals surface area contributed by atoms with Crippen LogP contribution in [0.2, 0.25) is 0 Å². The molecule has 0 N–H and O–H groups in total. The van der Waals surface area contributed by atoms with Gasteiger partial charge in [0.05, 0.1) is 16.6 Å². The van der Waals surface area contributed by atoms with E-state index in [1.54, 1.807) is 0 Å². The zero-order valence-corrected chi connectivity index (χ0v) is 8.63. The predicted molar refractivity (Wildman–Crippen MR) is 53.2 cm³/mol. The molecule has 0 aliphatic carbocycles. The van der Waals surface area contributed by atoms with Gasteiger partial charge in [0.15, 0.2) is 5.78 Å². The first kappa shape index (κ1) is 8.75. The predicted octanol–water partition coefficient (Wildman–Crippen LogP) is 2.80. The number of benzene rings is 1. The number of carbonyl (C=O) groups excluding carboxylic acids is 1. The molecule has 0 aromatic heterocycles. The number of hydrogen-bond acceptors (Lipinski definition) is 2. The molecule has 2 rings (SSSR count). The summed E-state index contributed by atoms with van der Waals surface area (Å²) in [5.41, 5.74) is 0.701. The van der Waals surface area contributed by atoms with E-state index in [-0.39, 0.29) is 5.78 Å². The monoisotopic (exact) mass is 240 g/mol.